The van der Waals surface area contributed by atoms with Gasteiger partial charge in [-0.3, -0.25) is 13.9 Å². The third-order valence-electron chi connectivity index (χ3n) is 6.02. The van der Waals surface area contributed by atoms with Crippen LogP contribution < -0.4 is 15.0 Å². The van der Waals surface area contributed by atoms with Crippen molar-refractivity contribution < 1.29 is 28.5 Å². The standard InChI is InChI=1S/C23H34N4O6S/c1-4-27(19-7-9-34(30,31)10-8-19)21-6-5-16(17(15-32-2)12-22(28)29)11-20(21)26-18-13-24-23(33-3)25-14-18/h5-6,11,13-14,17,19,26,30-31H,4,7-10,12,15H2,1-3H3,(H,28,29). The van der Waals surface area contributed by atoms with Gasteiger partial charge in [-0.15, -0.1) is 0 Å². The summed E-state index contributed by atoms with van der Waals surface area (Å²) in [6.45, 7) is 3.08. The van der Waals surface area contributed by atoms with Crippen molar-refractivity contribution in [1.82, 2.24) is 9.97 Å². The van der Waals surface area contributed by atoms with Gasteiger partial charge in [-0.25, -0.2) is 9.97 Å². The van der Waals surface area contributed by atoms with Crippen LogP contribution in [0.25, 0.3) is 0 Å². The molecule has 1 unspecified atom stereocenters. The van der Waals surface area contributed by atoms with E-state index in [1.54, 1.807) is 19.5 Å². The first-order chi connectivity index (χ1) is 16.3. The molecule has 1 fully saturated rings. The van der Waals surface area contributed by atoms with E-state index < -0.39 is 16.6 Å². The molecule has 0 bridgehead atoms. The molecule has 0 spiro atoms. The highest BCUT2D eigenvalue weighted by molar-refractivity contribution is 8.24. The Morgan fingerprint density at radius 1 is 1.24 bits per heavy atom. The normalized spacial score (nSPS) is 17.6. The van der Waals surface area contributed by atoms with Crippen LogP contribution in [-0.4, -0.2) is 75.1 Å². The topological polar surface area (TPSA) is 137 Å². The van der Waals surface area contributed by atoms with Crippen molar-refractivity contribution in [3.8, 4) is 6.01 Å². The Balaban J connectivity index is 1.97. The maximum absolute atomic E-state index is 11.4. The summed E-state index contributed by atoms with van der Waals surface area (Å²) in [5.74, 6) is -0.395. The second-order valence-corrected chi connectivity index (χ2v) is 10.8. The van der Waals surface area contributed by atoms with Gasteiger partial charge in [-0.2, -0.15) is 10.6 Å². The van der Waals surface area contributed by atoms with Gasteiger partial charge >= 0.3 is 12.0 Å². The number of nitrogens with zero attached hydrogens (tertiary/aromatic N) is 3. The summed E-state index contributed by atoms with van der Waals surface area (Å²) in [7, 11) is 0.579. The van der Waals surface area contributed by atoms with Crippen LogP contribution in [0.5, 0.6) is 6.01 Å². The third kappa shape index (κ3) is 6.72. The van der Waals surface area contributed by atoms with Crippen molar-refractivity contribution in [2.24, 2.45) is 0 Å². The molecule has 1 aliphatic heterocycles. The second-order valence-electron chi connectivity index (χ2n) is 8.34. The van der Waals surface area contributed by atoms with Crippen molar-refractivity contribution >= 4 is 33.6 Å². The fourth-order valence-corrected chi connectivity index (χ4v) is 5.82. The fraction of sp³-hybridized carbons (Fsp3) is 0.522. The molecule has 34 heavy (non-hydrogen) atoms. The van der Waals surface area contributed by atoms with Gasteiger partial charge in [0.1, 0.15) is 0 Å². The summed E-state index contributed by atoms with van der Waals surface area (Å²) in [4.78, 5) is 22.0. The Morgan fingerprint density at radius 2 is 1.91 bits per heavy atom. The average Bonchev–Trinajstić information content (AvgIpc) is 2.81. The van der Waals surface area contributed by atoms with E-state index in [2.05, 4.69) is 27.1 Å². The molecule has 1 saturated heterocycles. The molecule has 10 nitrogen and oxygen atoms in total. The van der Waals surface area contributed by atoms with Crippen LogP contribution in [0.1, 0.15) is 37.7 Å². The van der Waals surface area contributed by atoms with E-state index in [4.69, 9.17) is 9.47 Å². The molecule has 188 valence electrons. The van der Waals surface area contributed by atoms with E-state index in [1.807, 2.05) is 18.2 Å². The van der Waals surface area contributed by atoms with Crippen LogP contribution >= 0.6 is 10.6 Å². The minimum Gasteiger partial charge on any atom is -0.481 e. The number of rotatable bonds is 11. The lowest BCUT2D eigenvalue weighted by Gasteiger charge is -2.44. The molecular weight excluding hydrogens is 460 g/mol. The number of carboxylic acid groups (broad SMARTS) is 1. The summed E-state index contributed by atoms with van der Waals surface area (Å²) in [6.07, 6.45) is 4.58. The number of aromatic nitrogens is 2. The molecule has 1 aliphatic rings. The van der Waals surface area contributed by atoms with E-state index in [0.29, 0.717) is 30.0 Å². The minimum absolute atomic E-state index is 0.0454. The fourth-order valence-electron chi connectivity index (χ4n) is 4.32. The number of carboxylic acids is 1. The Bertz CT molecular complexity index is 949. The summed E-state index contributed by atoms with van der Waals surface area (Å²) in [5, 5.41) is 12.8. The van der Waals surface area contributed by atoms with Crippen molar-refractivity contribution in [3.05, 3.63) is 36.2 Å². The minimum atomic E-state index is -2.48. The lowest BCUT2D eigenvalue weighted by molar-refractivity contribution is -0.137. The number of hydrogen-bond donors (Lipinski definition) is 4. The van der Waals surface area contributed by atoms with E-state index in [0.717, 1.165) is 23.5 Å². The van der Waals surface area contributed by atoms with E-state index >= 15 is 0 Å². The number of carbonyl (C=O) groups is 1. The van der Waals surface area contributed by atoms with Gasteiger partial charge in [0.25, 0.3) is 0 Å². The highest BCUT2D eigenvalue weighted by Crippen LogP contribution is 2.46. The maximum atomic E-state index is 11.4. The monoisotopic (exact) mass is 494 g/mol. The van der Waals surface area contributed by atoms with Crippen LogP contribution in [0, 0.1) is 0 Å². The largest absolute Gasteiger partial charge is 0.481 e. The van der Waals surface area contributed by atoms with Crippen molar-refractivity contribution in [3.63, 3.8) is 0 Å². The van der Waals surface area contributed by atoms with Gasteiger partial charge in [0.2, 0.25) is 0 Å². The Morgan fingerprint density at radius 3 is 2.47 bits per heavy atom. The number of hydrogen-bond acceptors (Lipinski definition) is 9. The van der Waals surface area contributed by atoms with E-state index in [9.17, 15) is 19.0 Å². The van der Waals surface area contributed by atoms with E-state index in [-0.39, 0.29) is 31.0 Å². The molecule has 2 aromatic rings. The zero-order chi connectivity index (χ0) is 24.7. The first-order valence-corrected chi connectivity index (χ1v) is 13.1. The highest BCUT2D eigenvalue weighted by atomic mass is 32.3. The van der Waals surface area contributed by atoms with Gasteiger partial charge in [-0.1, -0.05) is 6.07 Å². The lowest BCUT2D eigenvalue weighted by atomic mass is 9.95. The number of aliphatic carboxylic acids is 1. The second kappa shape index (κ2) is 11.7. The Hall–Kier alpha value is -2.60. The summed E-state index contributed by atoms with van der Waals surface area (Å²) in [5.41, 5.74) is 3.24. The molecule has 1 aromatic carbocycles. The van der Waals surface area contributed by atoms with Crippen LogP contribution in [0.15, 0.2) is 30.6 Å². The molecule has 4 N–H and O–H groups in total. The molecule has 11 heteroatoms. The predicted octanol–water partition coefficient (Wildman–Crippen LogP) is 4.17. The highest BCUT2D eigenvalue weighted by Gasteiger charge is 2.29. The quantitative estimate of drug-likeness (QED) is 0.360. The van der Waals surface area contributed by atoms with Crippen molar-refractivity contribution in [2.75, 3.05) is 49.1 Å². The SMILES string of the molecule is CCN(c1ccc(C(COC)CC(=O)O)cc1Nc1cnc(OC)nc1)C1CCS(O)(O)CC1. The molecule has 0 saturated carbocycles. The maximum Gasteiger partial charge on any atom is 0.316 e. The summed E-state index contributed by atoms with van der Waals surface area (Å²) in [6, 6.07) is 6.31. The molecular formula is C23H34N4O6S. The smallest absolute Gasteiger partial charge is 0.316 e. The van der Waals surface area contributed by atoms with Gasteiger partial charge in [-0.05, 0) is 37.5 Å². The van der Waals surface area contributed by atoms with Gasteiger partial charge in [0.05, 0.1) is 49.6 Å². The third-order valence-corrected chi connectivity index (χ3v) is 7.80. The Kier molecular flexibility index (Phi) is 8.95. The number of anilines is 3. The molecule has 0 aliphatic carbocycles. The molecule has 1 aromatic heterocycles. The van der Waals surface area contributed by atoms with Crippen LogP contribution in [0.3, 0.4) is 0 Å². The first-order valence-electron chi connectivity index (χ1n) is 11.2. The molecule has 0 radical (unpaired) electrons. The lowest BCUT2D eigenvalue weighted by Crippen LogP contribution is -2.40. The van der Waals surface area contributed by atoms with Crippen molar-refractivity contribution in [2.45, 2.75) is 38.1 Å². The van der Waals surface area contributed by atoms with Crippen molar-refractivity contribution in [1.29, 1.82) is 0 Å². The molecule has 2 heterocycles. The van der Waals surface area contributed by atoms with Gasteiger partial charge in [0.15, 0.2) is 0 Å². The zero-order valence-corrected chi connectivity index (χ0v) is 20.6. The Labute approximate surface area is 201 Å². The summed E-state index contributed by atoms with van der Waals surface area (Å²) < 4.78 is 30.4. The molecule has 3 rings (SSSR count). The number of benzene rings is 1. The number of methoxy groups -OCH3 is 2. The zero-order valence-electron chi connectivity index (χ0n) is 19.8. The predicted molar refractivity (Wildman–Crippen MR) is 134 cm³/mol. The number of nitrogens with one attached hydrogen (secondary N) is 1. The van der Waals surface area contributed by atoms with Gasteiger partial charge < -0.3 is 24.8 Å². The van der Waals surface area contributed by atoms with Crippen LogP contribution in [-0.2, 0) is 9.53 Å². The molecule has 1 atom stereocenters. The van der Waals surface area contributed by atoms with E-state index in [1.165, 1.54) is 7.11 Å². The summed E-state index contributed by atoms with van der Waals surface area (Å²) >= 11 is 0. The van der Waals surface area contributed by atoms with Crippen LogP contribution in [0.4, 0.5) is 17.1 Å². The average molecular weight is 495 g/mol. The molecule has 0 amide bonds. The van der Waals surface area contributed by atoms with Gasteiger partial charge in [0, 0.05) is 37.1 Å². The number of ether oxygens (including phenoxy) is 2. The van der Waals surface area contributed by atoms with Crippen LogP contribution in [0.2, 0.25) is 0 Å². The first kappa shape index (κ1) is 26.0.